The van der Waals surface area contributed by atoms with Gasteiger partial charge in [-0.3, -0.25) is 9.78 Å². The Kier molecular flexibility index (Phi) is 5.57. The van der Waals surface area contributed by atoms with Crippen LogP contribution in [0.2, 0.25) is 5.02 Å². The quantitative estimate of drug-likeness (QED) is 0.518. The third-order valence-corrected chi connectivity index (χ3v) is 8.81. The Balaban J connectivity index is 1.62. The largest absolute Gasteiger partial charge is 0.309 e. The molecule has 1 spiro atoms. The van der Waals surface area contributed by atoms with Crippen molar-refractivity contribution in [1.29, 1.82) is 5.26 Å². The molecule has 1 aromatic heterocycles. The van der Waals surface area contributed by atoms with E-state index in [2.05, 4.69) is 4.98 Å². The number of nitriles is 1. The summed E-state index contributed by atoms with van der Waals surface area (Å²) in [6, 6.07) is 14.9. The minimum Gasteiger partial charge on any atom is -0.309 e. The van der Waals surface area contributed by atoms with Gasteiger partial charge in [-0.25, -0.2) is 0 Å². The van der Waals surface area contributed by atoms with E-state index >= 15 is 0 Å². The Hall–Kier alpha value is -3.03. The number of carbonyl (C=O) groups is 1. The molecule has 2 aromatic carbocycles. The molecule has 0 saturated carbocycles. The van der Waals surface area contributed by atoms with Gasteiger partial charge in [0.1, 0.15) is 6.54 Å². The number of amides is 1. The first kappa shape index (κ1) is 22.7. The van der Waals surface area contributed by atoms with Gasteiger partial charge in [0.05, 0.1) is 23.4 Å². The second kappa shape index (κ2) is 8.32. The monoisotopic (exact) mass is 495 g/mol. The van der Waals surface area contributed by atoms with Crippen LogP contribution in [-0.4, -0.2) is 54.6 Å². The molecule has 5 rings (SSSR count). The van der Waals surface area contributed by atoms with Crippen molar-refractivity contribution in [2.24, 2.45) is 0 Å². The highest BCUT2D eigenvalue weighted by Gasteiger charge is 2.54. The highest BCUT2D eigenvalue weighted by molar-refractivity contribution is 7.86. The molecule has 3 heterocycles. The summed E-state index contributed by atoms with van der Waals surface area (Å²) in [5.41, 5.74) is 1.10. The zero-order valence-electron chi connectivity index (χ0n) is 18.5. The fraction of sp³-hybridized carbons (Fsp3) is 0.292. The molecule has 1 unspecified atom stereocenters. The molecule has 8 nitrogen and oxygen atoms in total. The van der Waals surface area contributed by atoms with Crippen LogP contribution in [-0.2, 0) is 27.0 Å². The van der Waals surface area contributed by atoms with Crippen molar-refractivity contribution < 1.29 is 13.2 Å². The van der Waals surface area contributed by atoms with Crippen molar-refractivity contribution in [3.8, 4) is 6.07 Å². The molecule has 174 valence electrons. The summed E-state index contributed by atoms with van der Waals surface area (Å²) in [4.78, 5) is 20.2. The summed E-state index contributed by atoms with van der Waals surface area (Å²) in [6.45, 7) is 0.227. The molecular formula is C24H22ClN5O3S. The molecule has 1 amide bonds. The first-order chi connectivity index (χ1) is 16.3. The number of nitrogens with zero attached hydrogens (tertiary/aromatic N) is 5. The van der Waals surface area contributed by atoms with E-state index in [1.807, 2.05) is 30.3 Å². The molecule has 1 fully saturated rings. The fourth-order valence-electron chi connectivity index (χ4n) is 5.02. The van der Waals surface area contributed by atoms with Crippen molar-refractivity contribution in [3.05, 3.63) is 71.0 Å². The third-order valence-electron chi connectivity index (χ3n) is 6.75. The molecular weight excluding hydrogens is 474 g/mol. The number of pyridine rings is 1. The molecule has 10 heteroatoms. The molecule has 0 N–H and O–H groups in total. The Labute approximate surface area is 203 Å². The molecule has 0 radical (unpaired) electrons. The molecule has 34 heavy (non-hydrogen) atoms. The number of rotatable bonds is 4. The Morgan fingerprint density at radius 3 is 2.82 bits per heavy atom. The van der Waals surface area contributed by atoms with Crippen LogP contribution >= 0.6 is 11.6 Å². The molecule has 1 atom stereocenters. The van der Waals surface area contributed by atoms with Crippen LogP contribution in [0.1, 0.15) is 17.5 Å². The van der Waals surface area contributed by atoms with Gasteiger partial charge in [-0.2, -0.15) is 22.3 Å². The van der Waals surface area contributed by atoms with Crippen molar-refractivity contribution in [3.63, 3.8) is 0 Å². The summed E-state index contributed by atoms with van der Waals surface area (Å²) in [7, 11) is -2.58. The van der Waals surface area contributed by atoms with Crippen molar-refractivity contribution in [1.82, 2.24) is 13.6 Å². The second-order valence-electron chi connectivity index (χ2n) is 8.66. The number of fused-ring (bicyclic) bond motifs is 3. The minimum atomic E-state index is -3.95. The average Bonchev–Trinajstić information content (AvgIpc) is 3.15. The van der Waals surface area contributed by atoms with Crippen LogP contribution in [0.5, 0.6) is 0 Å². The summed E-state index contributed by atoms with van der Waals surface area (Å²) in [6.07, 6.45) is 3.86. The number of benzene rings is 2. The molecule has 2 aliphatic rings. The predicted molar refractivity (Wildman–Crippen MR) is 129 cm³/mol. The smallest absolute Gasteiger partial charge is 0.283 e. The minimum absolute atomic E-state index is 0.0219. The number of aromatic nitrogens is 1. The first-order valence-corrected chi connectivity index (χ1v) is 12.6. The molecule has 2 aliphatic heterocycles. The lowest BCUT2D eigenvalue weighted by Gasteiger charge is -2.41. The van der Waals surface area contributed by atoms with Gasteiger partial charge in [-0.1, -0.05) is 41.9 Å². The van der Waals surface area contributed by atoms with Gasteiger partial charge >= 0.3 is 0 Å². The topological polar surface area (TPSA) is 97.6 Å². The maximum absolute atomic E-state index is 14.1. The Bertz CT molecular complexity index is 1450. The van der Waals surface area contributed by atoms with Crippen LogP contribution in [0, 0.1) is 11.3 Å². The average molecular weight is 496 g/mol. The number of halogens is 1. The van der Waals surface area contributed by atoms with Crippen LogP contribution in [0.15, 0.2) is 54.9 Å². The number of hydrogen-bond donors (Lipinski definition) is 0. The zero-order chi connectivity index (χ0) is 24.1. The molecule has 3 aromatic rings. The van der Waals surface area contributed by atoms with E-state index in [1.54, 1.807) is 35.5 Å². The first-order valence-electron chi connectivity index (χ1n) is 10.8. The normalized spacial score (nSPS) is 20.8. The van der Waals surface area contributed by atoms with Crippen molar-refractivity contribution in [2.45, 2.75) is 18.4 Å². The summed E-state index contributed by atoms with van der Waals surface area (Å²) < 4.78 is 28.8. The molecule has 0 bridgehead atoms. The standard InChI is InChI=1S/C24H22ClN5O3S/c1-28(11-9-26)34(32,33)29-15-18-6-7-19(25)12-21(18)24(16-29)8-10-30(23(24)31)22-14-27-13-17-4-2-3-5-20(17)22/h2-7,12-14H,8,10-11,15-16H2,1H3. The van der Waals surface area contributed by atoms with E-state index in [1.165, 1.54) is 11.4 Å². The van der Waals surface area contributed by atoms with Crippen LogP contribution in [0.4, 0.5) is 5.69 Å². The number of hydrogen-bond acceptors (Lipinski definition) is 5. The SMILES string of the molecule is CN(CC#N)S(=O)(=O)N1Cc2ccc(Cl)cc2C2(CCN(c3cncc4ccccc34)C2=O)C1. The van der Waals surface area contributed by atoms with Crippen molar-refractivity contribution >= 4 is 44.2 Å². The molecule has 1 saturated heterocycles. The Morgan fingerprint density at radius 2 is 2.03 bits per heavy atom. The Morgan fingerprint density at radius 1 is 1.24 bits per heavy atom. The van der Waals surface area contributed by atoms with E-state index in [4.69, 9.17) is 16.9 Å². The molecule has 0 aliphatic carbocycles. The van der Waals surface area contributed by atoms with Gasteiger partial charge in [0.2, 0.25) is 5.91 Å². The van der Waals surface area contributed by atoms with E-state index in [0.717, 1.165) is 26.2 Å². The second-order valence-corrected chi connectivity index (χ2v) is 11.1. The van der Waals surface area contributed by atoms with Crippen LogP contribution in [0.3, 0.4) is 0 Å². The maximum Gasteiger partial charge on any atom is 0.283 e. The lowest BCUT2D eigenvalue weighted by molar-refractivity contribution is -0.122. The van der Waals surface area contributed by atoms with Crippen LogP contribution in [0.25, 0.3) is 10.8 Å². The van der Waals surface area contributed by atoms with Gasteiger partial charge in [-0.05, 0) is 29.7 Å². The van der Waals surface area contributed by atoms with E-state index in [9.17, 15) is 13.2 Å². The highest BCUT2D eigenvalue weighted by Crippen LogP contribution is 2.45. The summed E-state index contributed by atoms with van der Waals surface area (Å²) >= 11 is 6.32. The summed E-state index contributed by atoms with van der Waals surface area (Å²) in [5, 5.41) is 11.3. The van der Waals surface area contributed by atoms with Crippen molar-refractivity contribution in [2.75, 3.05) is 31.6 Å². The third kappa shape index (κ3) is 3.46. The van der Waals surface area contributed by atoms with Gasteiger partial charge in [0, 0.05) is 48.7 Å². The number of anilines is 1. The lowest BCUT2D eigenvalue weighted by Crippen LogP contribution is -2.54. The van der Waals surface area contributed by atoms with E-state index in [0.29, 0.717) is 23.7 Å². The fourth-order valence-corrected chi connectivity index (χ4v) is 6.49. The highest BCUT2D eigenvalue weighted by atomic mass is 35.5. The van der Waals surface area contributed by atoms with Gasteiger partial charge in [-0.15, -0.1) is 0 Å². The zero-order valence-corrected chi connectivity index (χ0v) is 20.1. The maximum atomic E-state index is 14.1. The lowest BCUT2D eigenvalue weighted by atomic mass is 9.74. The van der Waals surface area contributed by atoms with E-state index < -0.39 is 15.6 Å². The van der Waals surface area contributed by atoms with E-state index in [-0.39, 0.29) is 25.5 Å². The van der Waals surface area contributed by atoms with Gasteiger partial charge in [0.15, 0.2) is 0 Å². The van der Waals surface area contributed by atoms with Gasteiger partial charge in [0.25, 0.3) is 10.2 Å². The van der Waals surface area contributed by atoms with Gasteiger partial charge < -0.3 is 4.90 Å². The van der Waals surface area contributed by atoms with Crippen LogP contribution < -0.4 is 4.90 Å². The number of carbonyl (C=O) groups excluding carboxylic acids is 1. The summed E-state index contributed by atoms with van der Waals surface area (Å²) in [5.74, 6) is -0.183. The predicted octanol–water partition coefficient (Wildman–Crippen LogP) is 3.08.